The highest BCUT2D eigenvalue weighted by Crippen LogP contribution is 2.27. The van der Waals surface area contributed by atoms with Crippen molar-refractivity contribution in [2.75, 3.05) is 18.5 Å². The van der Waals surface area contributed by atoms with Gasteiger partial charge in [0.25, 0.3) is 11.6 Å². The van der Waals surface area contributed by atoms with Crippen LogP contribution in [-0.2, 0) is 0 Å². The number of hydrogen-bond acceptors (Lipinski definition) is 5. The Morgan fingerprint density at radius 1 is 1.63 bits per heavy atom. The van der Waals surface area contributed by atoms with Crippen molar-refractivity contribution in [3.05, 3.63) is 33.6 Å². The van der Waals surface area contributed by atoms with Gasteiger partial charge in [-0.3, -0.25) is 14.9 Å². The number of rotatable bonds is 5. The van der Waals surface area contributed by atoms with E-state index in [0.717, 1.165) is 12.1 Å². The Bertz CT molecular complexity index is 510. The Kier molecular flexibility index (Phi) is 5.11. The van der Waals surface area contributed by atoms with Crippen molar-refractivity contribution in [3.63, 3.8) is 0 Å². The molecular formula is C11H14FN3O3S. The van der Waals surface area contributed by atoms with Gasteiger partial charge in [0.1, 0.15) is 17.1 Å². The lowest BCUT2D eigenvalue weighted by Crippen LogP contribution is -2.30. The SMILES string of the molecule is CSC(C)CNC(=O)c1c(F)ccc([N+](=O)[O-])c1N. The molecule has 1 amide bonds. The summed E-state index contributed by atoms with van der Waals surface area (Å²) in [5, 5.41) is 13.3. The fourth-order valence-corrected chi connectivity index (χ4v) is 1.63. The van der Waals surface area contributed by atoms with Gasteiger partial charge in [0.15, 0.2) is 0 Å². The monoisotopic (exact) mass is 287 g/mol. The quantitative estimate of drug-likeness (QED) is 0.489. The number of nitro benzene ring substituents is 1. The van der Waals surface area contributed by atoms with Gasteiger partial charge in [-0.1, -0.05) is 6.92 Å². The largest absolute Gasteiger partial charge is 0.392 e. The van der Waals surface area contributed by atoms with Gasteiger partial charge in [0.05, 0.1) is 4.92 Å². The molecule has 0 bridgehead atoms. The first-order chi connectivity index (χ1) is 8.88. The van der Waals surface area contributed by atoms with Crippen LogP contribution in [0.15, 0.2) is 12.1 Å². The van der Waals surface area contributed by atoms with E-state index in [1.807, 2.05) is 13.2 Å². The van der Waals surface area contributed by atoms with E-state index >= 15 is 0 Å². The van der Waals surface area contributed by atoms with E-state index in [9.17, 15) is 19.3 Å². The van der Waals surface area contributed by atoms with Crippen LogP contribution in [0.4, 0.5) is 15.8 Å². The molecule has 0 saturated carbocycles. The van der Waals surface area contributed by atoms with Crippen molar-refractivity contribution < 1.29 is 14.1 Å². The molecule has 0 heterocycles. The number of nitrogens with one attached hydrogen (secondary N) is 1. The summed E-state index contributed by atoms with van der Waals surface area (Å²) in [6.07, 6.45) is 1.87. The molecule has 0 aliphatic heterocycles. The van der Waals surface area contributed by atoms with Crippen molar-refractivity contribution in [1.29, 1.82) is 0 Å². The highest BCUT2D eigenvalue weighted by atomic mass is 32.2. The Morgan fingerprint density at radius 2 is 2.26 bits per heavy atom. The van der Waals surface area contributed by atoms with Gasteiger partial charge in [-0.05, 0) is 12.3 Å². The van der Waals surface area contributed by atoms with E-state index in [2.05, 4.69) is 5.32 Å². The number of carbonyl (C=O) groups is 1. The smallest absolute Gasteiger partial charge is 0.293 e. The van der Waals surface area contributed by atoms with Crippen molar-refractivity contribution in [3.8, 4) is 0 Å². The van der Waals surface area contributed by atoms with Crippen LogP contribution in [0.5, 0.6) is 0 Å². The third kappa shape index (κ3) is 3.57. The number of nitrogens with two attached hydrogens (primary N) is 1. The molecule has 8 heteroatoms. The Morgan fingerprint density at radius 3 is 2.79 bits per heavy atom. The molecule has 3 N–H and O–H groups in total. The average Bonchev–Trinajstić information content (AvgIpc) is 2.35. The maximum atomic E-state index is 13.6. The topological polar surface area (TPSA) is 98.3 Å². The summed E-state index contributed by atoms with van der Waals surface area (Å²) in [4.78, 5) is 21.8. The van der Waals surface area contributed by atoms with E-state index < -0.39 is 33.6 Å². The molecule has 19 heavy (non-hydrogen) atoms. The molecule has 0 fully saturated rings. The predicted molar refractivity (Wildman–Crippen MR) is 72.8 cm³/mol. The molecule has 0 spiro atoms. The molecule has 1 unspecified atom stereocenters. The minimum Gasteiger partial charge on any atom is -0.392 e. The van der Waals surface area contributed by atoms with Crippen molar-refractivity contribution in [2.45, 2.75) is 12.2 Å². The molecule has 6 nitrogen and oxygen atoms in total. The molecule has 1 rings (SSSR count). The maximum absolute atomic E-state index is 13.6. The lowest BCUT2D eigenvalue weighted by Gasteiger charge is -2.11. The Hall–Kier alpha value is -1.83. The lowest BCUT2D eigenvalue weighted by molar-refractivity contribution is -0.384. The van der Waals surface area contributed by atoms with Crippen LogP contribution < -0.4 is 11.1 Å². The van der Waals surface area contributed by atoms with Gasteiger partial charge in [-0.15, -0.1) is 0 Å². The molecule has 0 radical (unpaired) electrons. The maximum Gasteiger partial charge on any atom is 0.293 e. The summed E-state index contributed by atoms with van der Waals surface area (Å²) in [7, 11) is 0. The lowest BCUT2D eigenvalue weighted by atomic mass is 10.1. The van der Waals surface area contributed by atoms with Crippen LogP contribution in [0.2, 0.25) is 0 Å². The van der Waals surface area contributed by atoms with Gasteiger partial charge >= 0.3 is 0 Å². The minimum atomic E-state index is -0.877. The number of thioether (sulfide) groups is 1. The van der Waals surface area contributed by atoms with Crippen molar-refractivity contribution in [2.24, 2.45) is 0 Å². The summed E-state index contributed by atoms with van der Waals surface area (Å²) < 4.78 is 13.6. The number of nitrogens with zero attached hydrogens (tertiary/aromatic N) is 1. The van der Waals surface area contributed by atoms with Crippen LogP contribution >= 0.6 is 11.8 Å². The van der Waals surface area contributed by atoms with Gasteiger partial charge in [0, 0.05) is 17.9 Å². The van der Waals surface area contributed by atoms with E-state index in [-0.39, 0.29) is 5.25 Å². The minimum absolute atomic E-state index is 0.145. The fraction of sp³-hybridized carbons (Fsp3) is 0.364. The van der Waals surface area contributed by atoms with Crippen LogP contribution in [0.3, 0.4) is 0 Å². The third-order valence-electron chi connectivity index (χ3n) is 2.55. The zero-order chi connectivity index (χ0) is 14.6. The summed E-state index contributed by atoms with van der Waals surface area (Å²) in [6.45, 7) is 2.21. The summed E-state index contributed by atoms with van der Waals surface area (Å²) >= 11 is 1.53. The molecule has 1 atom stereocenters. The summed E-state index contributed by atoms with van der Waals surface area (Å²) in [6, 6.07) is 1.80. The Labute approximate surface area is 113 Å². The van der Waals surface area contributed by atoms with Crippen molar-refractivity contribution in [1.82, 2.24) is 5.32 Å². The van der Waals surface area contributed by atoms with Crippen LogP contribution in [0.25, 0.3) is 0 Å². The van der Waals surface area contributed by atoms with E-state index in [0.29, 0.717) is 6.54 Å². The van der Waals surface area contributed by atoms with Crippen LogP contribution in [0, 0.1) is 15.9 Å². The average molecular weight is 287 g/mol. The number of hydrogen-bond donors (Lipinski definition) is 2. The zero-order valence-corrected chi connectivity index (χ0v) is 11.3. The number of nitrogen functional groups attached to an aromatic ring is 1. The third-order valence-corrected chi connectivity index (χ3v) is 3.52. The predicted octanol–water partition coefficient (Wildman–Crippen LogP) is 1.80. The van der Waals surface area contributed by atoms with E-state index in [4.69, 9.17) is 5.73 Å². The molecule has 1 aromatic carbocycles. The first-order valence-corrected chi connectivity index (χ1v) is 6.70. The number of benzene rings is 1. The number of halogens is 1. The zero-order valence-electron chi connectivity index (χ0n) is 10.5. The normalized spacial score (nSPS) is 11.9. The van der Waals surface area contributed by atoms with E-state index in [1.54, 1.807) is 0 Å². The van der Waals surface area contributed by atoms with Crippen LogP contribution in [0.1, 0.15) is 17.3 Å². The van der Waals surface area contributed by atoms with E-state index in [1.165, 1.54) is 11.8 Å². The first kappa shape index (κ1) is 15.2. The number of anilines is 1. The summed E-state index contributed by atoms with van der Waals surface area (Å²) in [5.41, 5.74) is 4.05. The second kappa shape index (κ2) is 6.37. The van der Waals surface area contributed by atoms with Gasteiger partial charge in [0.2, 0.25) is 0 Å². The molecule has 0 aliphatic rings. The van der Waals surface area contributed by atoms with Gasteiger partial charge in [-0.25, -0.2) is 4.39 Å². The highest BCUT2D eigenvalue weighted by Gasteiger charge is 2.23. The van der Waals surface area contributed by atoms with Crippen molar-refractivity contribution >= 4 is 29.0 Å². The molecule has 104 valence electrons. The van der Waals surface area contributed by atoms with Gasteiger partial charge < -0.3 is 11.1 Å². The fourth-order valence-electron chi connectivity index (χ4n) is 1.38. The van der Waals surface area contributed by atoms with Gasteiger partial charge in [-0.2, -0.15) is 11.8 Å². The standard InChI is InChI=1S/C11H14FN3O3S/c1-6(19-2)5-14-11(16)9-7(12)3-4-8(10(9)13)15(17)18/h3-4,6H,5,13H2,1-2H3,(H,14,16). The molecule has 0 saturated heterocycles. The second-order valence-electron chi connectivity index (χ2n) is 3.87. The highest BCUT2D eigenvalue weighted by molar-refractivity contribution is 7.99. The molecule has 1 aromatic rings. The Balaban J connectivity index is 3.02. The van der Waals surface area contributed by atoms with Crippen LogP contribution in [-0.4, -0.2) is 28.9 Å². The number of carbonyl (C=O) groups excluding carboxylic acids is 1. The second-order valence-corrected chi connectivity index (χ2v) is 5.14. The number of amides is 1. The summed E-state index contributed by atoms with van der Waals surface area (Å²) in [5.74, 6) is -1.63. The first-order valence-electron chi connectivity index (χ1n) is 5.41. The molecule has 0 aromatic heterocycles. The molecule has 0 aliphatic carbocycles. The molecular weight excluding hydrogens is 273 g/mol. The number of nitro groups is 1.